The highest BCUT2D eigenvalue weighted by Crippen LogP contribution is 2.32. The van der Waals surface area contributed by atoms with Crippen LogP contribution in [0, 0.1) is 0 Å². The van der Waals surface area contributed by atoms with Crippen molar-refractivity contribution < 1.29 is 23.8 Å². The summed E-state index contributed by atoms with van der Waals surface area (Å²) < 4.78 is 17.7. The molecule has 0 radical (unpaired) electrons. The molecule has 2 aromatic heterocycles. The first-order valence-corrected chi connectivity index (χ1v) is 13.1. The third-order valence-corrected chi connectivity index (χ3v) is 6.72. The van der Waals surface area contributed by atoms with Crippen LogP contribution in [0.3, 0.4) is 0 Å². The van der Waals surface area contributed by atoms with Crippen LogP contribution < -0.4 is 20.1 Å². The maximum Gasteiger partial charge on any atom is 0.276 e. The van der Waals surface area contributed by atoms with Crippen molar-refractivity contribution in [3.05, 3.63) is 72.1 Å². The second-order valence-electron chi connectivity index (χ2n) is 9.29. The quantitative estimate of drug-likeness (QED) is 0.292. The fourth-order valence-corrected chi connectivity index (χ4v) is 4.55. The number of hydrogen-bond donors (Lipinski definition) is 2. The lowest BCUT2D eigenvalue weighted by molar-refractivity contribution is 0.0374. The maximum atomic E-state index is 13.0. The Morgan fingerprint density at radius 2 is 1.73 bits per heavy atom. The SMILES string of the molecule is COc1ccc(-c2ccnc3cc(C(=O)Nc4ccc(C(=O)NCCCN5CCOCC5)cc4)nn23)cc1OC. The van der Waals surface area contributed by atoms with Crippen molar-refractivity contribution in [2.24, 2.45) is 0 Å². The number of morpholine rings is 1. The number of nitrogens with one attached hydrogen (secondary N) is 2. The molecule has 1 aliphatic rings. The van der Waals surface area contributed by atoms with E-state index >= 15 is 0 Å². The monoisotopic (exact) mass is 544 g/mol. The zero-order chi connectivity index (χ0) is 27.9. The number of fused-ring (bicyclic) bond motifs is 1. The Hall–Kier alpha value is -4.48. The lowest BCUT2D eigenvalue weighted by atomic mass is 10.1. The molecule has 11 heteroatoms. The summed E-state index contributed by atoms with van der Waals surface area (Å²) in [4.78, 5) is 32.2. The van der Waals surface area contributed by atoms with Crippen LogP contribution in [-0.4, -0.2) is 84.9 Å². The molecule has 0 unspecified atom stereocenters. The second-order valence-corrected chi connectivity index (χ2v) is 9.29. The number of nitrogens with zero attached hydrogens (tertiary/aromatic N) is 4. The number of carbonyl (C=O) groups is 2. The van der Waals surface area contributed by atoms with Crippen LogP contribution >= 0.6 is 0 Å². The standard InChI is InChI=1S/C29H32N6O5/c1-38-25-9-6-21(18-26(25)39-2)24-10-12-30-27-19-23(33-35(24)27)29(37)32-22-7-4-20(5-8-22)28(36)31-11-3-13-34-14-16-40-17-15-34/h4-10,12,18-19H,3,11,13-17H2,1-2H3,(H,31,36)(H,32,37). The zero-order valence-corrected chi connectivity index (χ0v) is 22.6. The molecule has 4 aromatic rings. The van der Waals surface area contributed by atoms with Crippen molar-refractivity contribution in [3.8, 4) is 22.8 Å². The molecule has 0 bridgehead atoms. The smallest absolute Gasteiger partial charge is 0.276 e. The fourth-order valence-electron chi connectivity index (χ4n) is 4.55. The minimum atomic E-state index is -0.385. The summed E-state index contributed by atoms with van der Waals surface area (Å²) in [5.74, 6) is 0.669. The Morgan fingerprint density at radius 1 is 0.950 bits per heavy atom. The first-order valence-electron chi connectivity index (χ1n) is 13.1. The van der Waals surface area contributed by atoms with Gasteiger partial charge in [0.05, 0.1) is 33.1 Å². The van der Waals surface area contributed by atoms with Crippen molar-refractivity contribution in [1.29, 1.82) is 0 Å². The van der Waals surface area contributed by atoms with Crippen LogP contribution in [0.25, 0.3) is 16.9 Å². The number of hydrogen-bond acceptors (Lipinski definition) is 8. The molecular weight excluding hydrogens is 512 g/mol. The summed E-state index contributed by atoms with van der Waals surface area (Å²) in [7, 11) is 3.16. The molecule has 11 nitrogen and oxygen atoms in total. The van der Waals surface area contributed by atoms with Crippen molar-refractivity contribution in [2.75, 3.05) is 58.9 Å². The molecule has 0 aliphatic carbocycles. The van der Waals surface area contributed by atoms with E-state index in [0.717, 1.165) is 50.5 Å². The van der Waals surface area contributed by atoms with Crippen molar-refractivity contribution in [1.82, 2.24) is 24.8 Å². The summed E-state index contributed by atoms with van der Waals surface area (Å²) in [5.41, 5.74) is 3.39. The largest absolute Gasteiger partial charge is 0.493 e. The van der Waals surface area contributed by atoms with E-state index in [2.05, 4.69) is 25.6 Å². The van der Waals surface area contributed by atoms with Gasteiger partial charge in [0, 0.05) is 48.7 Å². The molecule has 2 aromatic carbocycles. The first kappa shape index (κ1) is 27.1. The fraction of sp³-hybridized carbons (Fsp3) is 0.310. The molecule has 5 rings (SSSR count). The summed E-state index contributed by atoms with van der Waals surface area (Å²) in [6, 6.07) is 15.8. The number of carbonyl (C=O) groups excluding carboxylic acids is 2. The third-order valence-electron chi connectivity index (χ3n) is 6.72. The topological polar surface area (TPSA) is 119 Å². The van der Waals surface area contributed by atoms with E-state index in [-0.39, 0.29) is 17.5 Å². The Balaban J connectivity index is 1.21. The highest BCUT2D eigenvalue weighted by Gasteiger charge is 2.16. The summed E-state index contributed by atoms with van der Waals surface area (Å²) in [6.07, 6.45) is 2.54. The molecule has 0 spiro atoms. The van der Waals surface area contributed by atoms with Gasteiger partial charge in [0.2, 0.25) is 0 Å². The number of ether oxygens (including phenoxy) is 3. The van der Waals surface area contributed by atoms with Gasteiger partial charge >= 0.3 is 0 Å². The number of amides is 2. The number of benzene rings is 2. The molecule has 1 aliphatic heterocycles. The van der Waals surface area contributed by atoms with Gasteiger partial charge in [-0.3, -0.25) is 14.5 Å². The van der Waals surface area contributed by atoms with Gasteiger partial charge in [0.15, 0.2) is 22.8 Å². The van der Waals surface area contributed by atoms with E-state index in [1.807, 2.05) is 24.3 Å². The highest BCUT2D eigenvalue weighted by molar-refractivity contribution is 6.04. The lowest BCUT2D eigenvalue weighted by Crippen LogP contribution is -2.38. The molecule has 40 heavy (non-hydrogen) atoms. The van der Waals surface area contributed by atoms with Crippen molar-refractivity contribution >= 4 is 23.1 Å². The Bertz CT molecular complexity index is 1480. The van der Waals surface area contributed by atoms with E-state index in [4.69, 9.17) is 14.2 Å². The number of methoxy groups -OCH3 is 2. The molecule has 0 saturated carbocycles. The highest BCUT2D eigenvalue weighted by atomic mass is 16.5. The van der Waals surface area contributed by atoms with Gasteiger partial charge < -0.3 is 24.8 Å². The molecule has 208 valence electrons. The molecule has 2 N–H and O–H groups in total. The van der Waals surface area contributed by atoms with E-state index in [9.17, 15) is 9.59 Å². The van der Waals surface area contributed by atoms with Crippen LogP contribution in [0.1, 0.15) is 27.3 Å². The van der Waals surface area contributed by atoms with Gasteiger partial charge in [-0.15, -0.1) is 0 Å². The molecular formula is C29H32N6O5. The molecule has 3 heterocycles. The van der Waals surface area contributed by atoms with Crippen LogP contribution in [-0.2, 0) is 4.74 Å². The van der Waals surface area contributed by atoms with Gasteiger partial charge in [-0.2, -0.15) is 5.10 Å². The van der Waals surface area contributed by atoms with Gasteiger partial charge in [-0.25, -0.2) is 9.50 Å². The predicted octanol–water partition coefficient (Wildman–Crippen LogP) is 3.12. The Kier molecular flexibility index (Phi) is 8.53. The number of aromatic nitrogens is 3. The van der Waals surface area contributed by atoms with E-state index in [1.54, 1.807) is 55.3 Å². The summed E-state index contributed by atoms with van der Waals surface area (Å²) in [5, 5.41) is 10.3. The summed E-state index contributed by atoms with van der Waals surface area (Å²) >= 11 is 0. The van der Waals surface area contributed by atoms with Crippen LogP contribution in [0.15, 0.2) is 60.8 Å². The Morgan fingerprint density at radius 3 is 2.48 bits per heavy atom. The maximum absolute atomic E-state index is 13.0. The van der Waals surface area contributed by atoms with Gasteiger partial charge in [-0.05, 0) is 61.5 Å². The van der Waals surface area contributed by atoms with Gasteiger partial charge in [0.1, 0.15) is 0 Å². The predicted molar refractivity (Wildman–Crippen MR) is 150 cm³/mol. The van der Waals surface area contributed by atoms with Gasteiger partial charge in [0.25, 0.3) is 11.8 Å². The molecule has 1 saturated heterocycles. The molecule has 0 atom stereocenters. The van der Waals surface area contributed by atoms with Crippen LogP contribution in [0.5, 0.6) is 11.5 Å². The molecule has 1 fully saturated rings. The van der Waals surface area contributed by atoms with Crippen LogP contribution in [0.2, 0.25) is 0 Å². The van der Waals surface area contributed by atoms with Crippen molar-refractivity contribution in [2.45, 2.75) is 6.42 Å². The van der Waals surface area contributed by atoms with Gasteiger partial charge in [-0.1, -0.05) is 0 Å². The van der Waals surface area contributed by atoms with E-state index in [0.29, 0.717) is 34.9 Å². The zero-order valence-electron chi connectivity index (χ0n) is 22.6. The van der Waals surface area contributed by atoms with Crippen molar-refractivity contribution in [3.63, 3.8) is 0 Å². The average Bonchev–Trinajstić information content (AvgIpc) is 3.45. The Labute approximate surface area is 232 Å². The number of rotatable bonds is 10. The third kappa shape index (κ3) is 6.22. The van der Waals surface area contributed by atoms with E-state index in [1.165, 1.54) is 0 Å². The normalized spacial score (nSPS) is 13.7. The van der Waals surface area contributed by atoms with Crippen LogP contribution in [0.4, 0.5) is 5.69 Å². The summed E-state index contributed by atoms with van der Waals surface area (Å²) in [6.45, 7) is 4.94. The minimum absolute atomic E-state index is 0.144. The molecule has 2 amide bonds. The minimum Gasteiger partial charge on any atom is -0.493 e. The lowest BCUT2D eigenvalue weighted by Gasteiger charge is -2.26. The average molecular weight is 545 g/mol. The van der Waals surface area contributed by atoms with E-state index < -0.39 is 0 Å². The second kappa shape index (κ2) is 12.6. The first-order chi connectivity index (χ1) is 19.6. The number of anilines is 1.